The van der Waals surface area contributed by atoms with E-state index in [2.05, 4.69) is 15.2 Å². The van der Waals surface area contributed by atoms with Crippen molar-refractivity contribution in [1.82, 2.24) is 24.5 Å². The average molecular weight is 422 g/mol. The van der Waals surface area contributed by atoms with Crippen molar-refractivity contribution >= 4 is 28.3 Å². The molecule has 1 unspecified atom stereocenters. The molecule has 1 aliphatic rings. The van der Waals surface area contributed by atoms with Crippen molar-refractivity contribution in [1.29, 1.82) is 0 Å². The number of nitrogens with one attached hydrogen (secondary N) is 1. The molecule has 2 aromatic heterocycles. The molecule has 0 aliphatic carbocycles. The number of hydrogen-bond donors (Lipinski definition) is 1. The third-order valence-electron chi connectivity index (χ3n) is 4.53. The Morgan fingerprint density at radius 3 is 2.62 bits per heavy atom. The number of nitrogens with zero attached hydrogens (tertiary/aromatic N) is 4. The van der Waals surface area contributed by atoms with Gasteiger partial charge in [0.1, 0.15) is 11.6 Å². The molecule has 1 saturated heterocycles. The Morgan fingerprint density at radius 1 is 1.28 bits per heavy atom. The molecule has 0 saturated carbocycles. The van der Waals surface area contributed by atoms with Crippen LogP contribution in [0.25, 0.3) is 4.96 Å². The van der Waals surface area contributed by atoms with Gasteiger partial charge in [-0.3, -0.25) is 18.9 Å². The number of thiazole rings is 1. The molecule has 3 rings (SSSR count). The number of fused-ring (bicyclic) bond motifs is 1. The number of carbonyl (C=O) groups is 2. The Morgan fingerprint density at radius 2 is 1.97 bits per heavy atom. The predicted octanol–water partition coefficient (Wildman–Crippen LogP) is 1.31. The van der Waals surface area contributed by atoms with Crippen LogP contribution in [0, 0.1) is 0 Å². The third kappa shape index (κ3) is 5.54. The highest BCUT2D eigenvalue weighted by atomic mass is 32.1. The van der Waals surface area contributed by atoms with E-state index in [1.54, 1.807) is 44.9 Å². The first-order chi connectivity index (χ1) is 13.6. The Kier molecular flexibility index (Phi) is 6.23. The van der Waals surface area contributed by atoms with E-state index in [1.807, 2.05) is 5.38 Å². The number of hydrogen-bond acceptors (Lipinski definition) is 7. The number of ether oxygens (including phenoxy) is 1. The van der Waals surface area contributed by atoms with Gasteiger partial charge in [0, 0.05) is 50.4 Å². The molecular formula is C19H27N5O4S. The topological polar surface area (TPSA) is 96.2 Å². The largest absolute Gasteiger partial charge is 0.444 e. The molecule has 29 heavy (non-hydrogen) atoms. The smallest absolute Gasteiger partial charge is 0.408 e. The van der Waals surface area contributed by atoms with Crippen molar-refractivity contribution in [2.45, 2.75) is 45.9 Å². The van der Waals surface area contributed by atoms with E-state index in [-0.39, 0.29) is 11.5 Å². The van der Waals surface area contributed by atoms with E-state index in [1.165, 1.54) is 15.7 Å². The zero-order valence-corrected chi connectivity index (χ0v) is 18.0. The van der Waals surface area contributed by atoms with E-state index >= 15 is 0 Å². The summed E-state index contributed by atoms with van der Waals surface area (Å²) in [4.78, 5) is 45.7. The number of amides is 2. The molecule has 2 aromatic rings. The molecule has 1 fully saturated rings. The normalized spacial score (nSPS) is 16.6. The fourth-order valence-electron chi connectivity index (χ4n) is 3.14. The maximum Gasteiger partial charge on any atom is 0.408 e. The number of aromatic nitrogens is 2. The van der Waals surface area contributed by atoms with Gasteiger partial charge in [0.15, 0.2) is 4.96 Å². The van der Waals surface area contributed by atoms with Gasteiger partial charge in [0.2, 0.25) is 5.91 Å². The maximum atomic E-state index is 12.6. The third-order valence-corrected chi connectivity index (χ3v) is 5.29. The highest BCUT2D eigenvalue weighted by Crippen LogP contribution is 2.11. The van der Waals surface area contributed by atoms with Crippen molar-refractivity contribution in [3.8, 4) is 0 Å². The zero-order valence-electron chi connectivity index (χ0n) is 17.2. The molecule has 0 spiro atoms. The minimum absolute atomic E-state index is 0.0814. The van der Waals surface area contributed by atoms with Gasteiger partial charge in [0.25, 0.3) is 5.56 Å². The molecule has 158 valence electrons. The second-order valence-corrected chi connectivity index (χ2v) is 8.98. The summed E-state index contributed by atoms with van der Waals surface area (Å²) in [5.41, 5.74) is 0.0421. The summed E-state index contributed by atoms with van der Waals surface area (Å²) in [6, 6.07) is 0.906. The van der Waals surface area contributed by atoms with Gasteiger partial charge in [-0.1, -0.05) is 0 Å². The number of piperazine rings is 1. The van der Waals surface area contributed by atoms with Gasteiger partial charge < -0.3 is 15.0 Å². The van der Waals surface area contributed by atoms with E-state index < -0.39 is 17.7 Å². The standard InChI is InChI=1S/C19H27N5O4S/c1-13(20-18(27)28-19(2,3)4)16(26)23-7-5-22(6-8-23)12-14-11-15(25)24-9-10-29-17(24)21-14/h9-11,13H,5-8,12H2,1-4H3,(H,20,27). The Hall–Kier alpha value is -2.46. The zero-order chi connectivity index (χ0) is 21.2. The maximum absolute atomic E-state index is 12.6. The molecule has 2 amide bonds. The summed E-state index contributed by atoms with van der Waals surface area (Å²) in [5.74, 6) is -0.133. The highest BCUT2D eigenvalue weighted by molar-refractivity contribution is 7.15. The van der Waals surface area contributed by atoms with Crippen molar-refractivity contribution in [2.75, 3.05) is 26.2 Å². The van der Waals surface area contributed by atoms with Crippen LogP contribution in [0.3, 0.4) is 0 Å². The number of carbonyl (C=O) groups excluding carboxylic acids is 2. The van der Waals surface area contributed by atoms with E-state index in [4.69, 9.17) is 4.74 Å². The predicted molar refractivity (Wildman–Crippen MR) is 110 cm³/mol. The minimum Gasteiger partial charge on any atom is -0.444 e. The van der Waals surface area contributed by atoms with E-state index in [0.717, 1.165) is 5.69 Å². The Bertz CT molecular complexity index is 940. The molecule has 1 atom stereocenters. The van der Waals surface area contributed by atoms with E-state index in [9.17, 15) is 14.4 Å². The second-order valence-electron chi connectivity index (χ2n) is 8.11. The number of rotatable bonds is 4. The molecule has 10 heteroatoms. The number of alkyl carbamates (subject to hydrolysis) is 1. The van der Waals surface area contributed by atoms with Crippen LogP contribution < -0.4 is 10.9 Å². The van der Waals surface area contributed by atoms with Gasteiger partial charge in [-0.05, 0) is 27.7 Å². The summed E-state index contributed by atoms with van der Waals surface area (Å²) in [6.45, 7) is 10.0. The van der Waals surface area contributed by atoms with Gasteiger partial charge in [0.05, 0.1) is 5.69 Å². The van der Waals surface area contributed by atoms with Crippen LogP contribution in [0.4, 0.5) is 4.79 Å². The first kappa shape index (κ1) is 21.3. The van der Waals surface area contributed by atoms with Crippen LogP contribution in [0.15, 0.2) is 22.4 Å². The highest BCUT2D eigenvalue weighted by Gasteiger charge is 2.27. The SMILES string of the molecule is CC(NC(=O)OC(C)(C)C)C(=O)N1CCN(Cc2cc(=O)n3ccsc3n2)CC1. The molecule has 9 nitrogen and oxygen atoms in total. The molecule has 1 aliphatic heterocycles. The molecular weight excluding hydrogens is 394 g/mol. The second kappa shape index (κ2) is 8.50. The lowest BCUT2D eigenvalue weighted by molar-refractivity contribution is -0.134. The fourth-order valence-corrected chi connectivity index (χ4v) is 3.88. The summed E-state index contributed by atoms with van der Waals surface area (Å²) >= 11 is 1.43. The van der Waals surface area contributed by atoms with Gasteiger partial charge >= 0.3 is 6.09 Å². The Labute approximate surface area is 173 Å². The molecule has 3 heterocycles. The van der Waals surface area contributed by atoms with Crippen LogP contribution >= 0.6 is 11.3 Å². The Balaban J connectivity index is 1.51. The van der Waals surface area contributed by atoms with Crippen LogP contribution in [0.5, 0.6) is 0 Å². The molecule has 1 N–H and O–H groups in total. The monoisotopic (exact) mass is 421 g/mol. The van der Waals surface area contributed by atoms with E-state index in [0.29, 0.717) is 37.7 Å². The van der Waals surface area contributed by atoms with Crippen molar-refractivity contribution in [3.05, 3.63) is 33.7 Å². The summed E-state index contributed by atoms with van der Waals surface area (Å²) < 4.78 is 6.73. The summed E-state index contributed by atoms with van der Waals surface area (Å²) in [7, 11) is 0. The molecule has 0 aromatic carbocycles. The fraction of sp³-hybridized carbons (Fsp3) is 0.579. The van der Waals surface area contributed by atoms with Crippen LogP contribution in [-0.2, 0) is 16.1 Å². The average Bonchev–Trinajstić information content (AvgIpc) is 3.09. The lowest BCUT2D eigenvalue weighted by atomic mass is 10.2. The van der Waals surface area contributed by atoms with Crippen molar-refractivity contribution in [2.24, 2.45) is 0 Å². The van der Waals surface area contributed by atoms with Gasteiger partial charge in [-0.2, -0.15) is 0 Å². The summed E-state index contributed by atoms with van der Waals surface area (Å²) in [5, 5.41) is 4.43. The summed E-state index contributed by atoms with van der Waals surface area (Å²) in [6.07, 6.45) is 1.12. The first-order valence-corrected chi connectivity index (χ1v) is 10.5. The van der Waals surface area contributed by atoms with Gasteiger partial charge in [-0.15, -0.1) is 11.3 Å². The van der Waals surface area contributed by atoms with Crippen molar-refractivity contribution in [3.63, 3.8) is 0 Å². The molecule has 0 bridgehead atoms. The lowest BCUT2D eigenvalue weighted by Crippen LogP contribution is -2.54. The van der Waals surface area contributed by atoms with Crippen LogP contribution in [0.2, 0.25) is 0 Å². The quantitative estimate of drug-likeness (QED) is 0.800. The van der Waals surface area contributed by atoms with Crippen LogP contribution in [0.1, 0.15) is 33.4 Å². The van der Waals surface area contributed by atoms with Crippen molar-refractivity contribution < 1.29 is 14.3 Å². The first-order valence-electron chi connectivity index (χ1n) is 9.59. The lowest BCUT2D eigenvalue weighted by Gasteiger charge is -2.35. The molecule has 0 radical (unpaired) electrons. The van der Waals surface area contributed by atoms with Gasteiger partial charge in [-0.25, -0.2) is 9.78 Å². The van der Waals surface area contributed by atoms with Crippen LogP contribution in [-0.4, -0.2) is 69.0 Å². The minimum atomic E-state index is -0.653.